The maximum absolute atomic E-state index is 11.8. The number of anilines is 1. The van der Waals surface area contributed by atoms with Crippen LogP contribution in [0.1, 0.15) is 28.1 Å². The van der Waals surface area contributed by atoms with E-state index in [1.54, 1.807) is 24.3 Å². The van der Waals surface area contributed by atoms with Crippen LogP contribution in [0.4, 0.5) is 5.69 Å². The van der Waals surface area contributed by atoms with Crippen LogP contribution in [0, 0.1) is 6.92 Å². The number of para-hydroxylation sites is 1. The summed E-state index contributed by atoms with van der Waals surface area (Å²) in [6.45, 7) is 1.48. The van der Waals surface area contributed by atoms with Crippen LogP contribution in [0.15, 0.2) is 36.4 Å². The molecule has 0 fully saturated rings. The van der Waals surface area contributed by atoms with Crippen LogP contribution >= 0.6 is 22.9 Å². The Morgan fingerprint density at radius 3 is 2.54 bits per heavy atom. The fourth-order valence-electron chi connectivity index (χ4n) is 1.92. The van der Waals surface area contributed by atoms with Gasteiger partial charge in [-0.15, -0.1) is 11.3 Å². The Hall–Kier alpha value is -2.18. The van der Waals surface area contributed by atoms with Gasteiger partial charge >= 0.3 is 5.97 Å². The molecule has 1 N–H and O–H groups in total. The molecule has 0 spiro atoms. The summed E-state index contributed by atoms with van der Waals surface area (Å²) >= 11 is 6.93. The van der Waals surface area contributed by atoms with Gasteiger partial charge in [-0.05, 0) is 30.7 Å². The van der Waals surface area contributed by atoms with Crippen molar-refractivity contribution in [1.29, 1.82) is 0 Å². The number of aryl methyl sites for hydroxylation is 1. The van der Waals surface area contributed by atoms with E-state index < -0.39 is 11.9 Å². The molecule has 1 aromatic heterocycles. The minimum absolute atomic E-state index is 0.0229. The zero-order valence-electron chi connectivity index (χ0n) is 13.0. The molecule has 0 unspecified atom stereocenters. The molecule has 2 aromatic rings. The topological polar surface area (TPSA) is 72.5 Å². The summed E-state index contributed by atoms with van der Waals surface area (Å²) < 4.78 is 5.40. The van der Waals surface area contributed by atoms with Crippen LogP contribution in [0.2, 0.25) is 4.34 Å². The number of ketones is 1. The van der Waals surface area contributed by atoms with Gasteiger partial charge in [-0.3, -0.25) is 14.4 Å². The summed E-state index contributed by atoms with van der Waals surface area (Å²) in [7, 11) is 0. The minimum atomic E-state index is -0.592. The van der Waals surface area contributed by atoms with E-state index >= 15 is 0 Å². The number of halogens is 1. The monoisotopic (exact) mass is 365 g/mol. The molecule has 0 saturated heterocycles. The van der Waals surface area contributed by atoms with E-state index in [1.807, 2.05) is 19.1 Å². The summed E-state index contributed by atoms with van der Waals surface area (Å²) in [4.78, 5) is 35.7. The molecule has 7 heteroatoms. The third kappa shape index (κ3) is 5.47. The fraction of sp³-hybridized carbons (Fsp3) is 0.235. The third-order valence-corrected chi connectivity index (χ3v) is 4.46. The average molecular weight is 366 g/mol. The maximum Gasteiger partial charge on any atom is 0.306 e. The van der Waals surface area contributed by atoms with Gasteiger partial charge in [0.05, 0.1) is 15.6 Å². The summed E-state index contributed by atoms with van der Waals surface area (Å²) in [5, 5.41) is 2.66. The number of benzene rings is 1. The Balaban J connectivity index is 1.72. The normalized spacial score (nSPS) is 10.2. The first-order valence-corrected chi connectivity index (χ1v) is 8.45. The van der Waals surface area contributed by atoms with E-state index in [0.717, 1.165) is 5.56 Å². The van der Waals surface area contributed by atoms with Crippen molar-refractivity contribution < 1.29 is 19.1 Å². The van der Waals surface area contributed by atoms with Crippen molar-refractivity contribution in [1.82, 2.24) is 0 Å². The van der Waals surface area contributed by atoms with Crippen molar-refractivity contribution in [3.8, 4) is 0 Å². The van der Waals surface area contributed by atoms with Crippen LogP contribution < -0.4 is 5.32 Å². The van der Waals surface area contributed by atoms with Gasteiger partial charge in [-0.1, -0.05) is 29.8 Å². The lowest BCUT2D eigenvalue weighted by molar-refractivity contribution is -0.147. The lowest BCUT2D eigenvalue weighted by Gasteiger charge is -2.08. The molecule has 24 heavy (non-hydrogen) atoms. The second-order valence-corrected chi connectivity index (χ2v) is 6.77. The van der Waals surface area contributed by atoms with E-state index in [2.05, 4.69) is 5.32 Å². The molecule has 0 saturated carbocycles. The molecule has 0 bridgehead atoms. The number of esters is 1. The second-order valence-electron chi connectivity index (χ2n) is 5.05. The van der Waals surface area contributed by atoms with Gasteiger partial charge in [0.2, 0.25) is 0 Å². The number of carbonyl (C=O) groups is 3. The second kappa shape index (κ2) is 8.61. The van der Waals surface area contributed by atoms with Crippen molar-refractivity contribution >= 4 is 46.3 Å². The van der Waals surface area contributed by atoms with Gasteiger partial charge in [0, 0.05) is 12.1 Å². The Morgan fingerprint density at radius 2 is 1.88 bits per heavy atom. The molecular formula is C17H16ClNO4S. The molecule has 0 aliphatic carbocycles. The molecule has 0 radical (unpaired) electrons. The standard InChI is InChI=1S/C17H16ClNO4S/c1-11-4-2-3-5-12(11)19-16(21)10-23-17(22)9-6-13(20)14-7-8-15(18)24-14/h2-5,7-8H,6,9-10H2,1H3,(H,19,21). The van der Waals surface area contributed by atoms with Crippen molar-refractivity contribution in [3.63, 3.8) is 0 Å². The minimum Gasteiger partial charge on any atom is -0.456 e. The zero-order valence-corrected chi connectivity index (χ0v) is 14.6. The Bertz CT molecular complexity index is 757. The van der Waals surface area contributed by atoms with Crippen LogP contribution in [-0.4, -0.2) is 24.3 Å². The number of ether oxygens (including phenoxy) is 1. The Kier molecular flexibility index (Phi) is 6.52. The van der Waals surface area contributed by atoms with Gasteiger partial charge in [-0.2, -0.15) is 0 Å². The van der Waals surface area contributed by atoms with Gasteiger partial charge < -0.3 is 10.1 Å². The van der Waals surface area contributed by atoms with Gasteiger partial charge in [0.25, 0.3) is 5.91 Å². The van der Waals surface area contributed by atoms with Crippen LogP contribution in [0.5, 0.6) is 0 Å². The number of hydrogen-bond acceptors (Lipinski definition) is 5. The Morgan fingerprint density at radius 1 is 1.12 bits per heavy atom. The molecule has 1 aromatic carbocycles. The predicted octanol–water partition coefficient (Wildman–Crippen LogP) is 3.85. The number of rotatable bonds is 7. The zero-order chi connectivity index (χ0) is 17.5. The lowest BCUT2D eigenvalue weighted by atomic mass is 10.2. The number of amides is 1. The maximum atomic E-state index is 11.8. The molecule has 5 nitrogen and oxygen atoms in total. The van der Waals surface area contributed by atoms with Crippen molar-refractivity contribution in [2.45, 2.75) is 19.8 Å². The smallest absolute Gasteiger partial charge is 0.306 e. The molecule has 0 aliphatic heterocycles. The van der Waals surface area contributed by atoms with Crippen LogP contribution in [-0.2, 0) is 14.3 Å². The van der Waals surface area contributed by atoms with E-state index in [9.17, 15) is 14.4 Å². The number of nitrogens with one attached hydrogen (secondary N) is 1. The van der Waals surface area contributed by atoms with Gasteiger partial charge in [0.15, 0.2) is 12.4 Å². The number of carbonyl (C=O) groups excluding carboxylic acids is 3. The highest BCUT2D eigenvalue weighted by atomic mass is 35.5. The highest BCUT2D eigenvalue weighted by Crippen LogP contribution is 2.23. The number of thiophene rings is 1. The van der Waals surface area contributed by atoms with Gasteiger partial charge in [-0.25, -0.2) is 0 Å². The van der Waals surface area contributed by atoms with Crippen molar-refractivity contribution in [2.75, 3.05) is 11.9 Å². The first kappa shape index (κ1) is 18.2. The third-order valence-electron chi connectivity index (χ3n) is 3.19. The highest BCUT2D eigenvalue weighted by Gasteiger charge is 2.13. The van der Waals surface area contributed by atoms with E-state index in [0.29, 0.717) is 14.9 Å². The van der Waals surface area contributed by atoms with Crippen LogP contribution in [0.3, 0.4) is 0 Å². The van der Waals surface area contributed by atoms with Gasteiger partial charge in [0.1, 0.15) is 0 Å². The molecular weight excluding hydrogens is 350 g/mol. The van der Waals surface area contributed by atoms with E-state index in [4.69, 9.17) is 16.3 Å². The largest absolute Gasteiger partial charge is 0.456 e. The Labute approximate surface area is 148 Å². The fourth-order valence-corrected chi connectivity index (χ4v) is 2.93. The average Bonchev–Trinajstić information content (AvgIpc) is 2.99. The molecule has 1 amide bonds. The quantitative estimate of drug-likeness (QED) is 0.597. The number of Topliss-reactive ketones (excluding diaryl/α,β-unsaturated/α-hetero) is 1. The van der Waals surface area contributed by atoms with Crippen LogP contribution in [0.25, 0.3) is 0 Å². The predicted molar refractivity (Wildman–Crippen MR) is 93.7 cm³/mol. The molecule has 126 valence electrons. The SMILES string of the molecule is Cc1ccccc1NC(=O)COC(=O)CCC(=O)c1ccc(Cl)s1. The summed E-state index contributed by atoms with van der Waals surface area (Å²) in [6.07, 6.45) is -0.0545. The molecule has 0 aliphatic rings. The summed E-state index contributed by atoms with van der Waals surface area (Å²) in [5.74, 6) is -1.19. The molecule has 0 atom stereocenters. The molecule has 1 heterocycles. The first-order chi connectivity index (χ1) is 11.5. The molecule has 2 rings (SSSR count). The van der Waals surface area contributed by atoms with E-state index in [1.165, 1.54) is 11.3 Å². The van der Waals surface area contributed by atoms with Crippen molar-refractivity contribution in [3.05, 3.63) is 51.2 Å². The summed E-state index contributed by atoms with van der Waals surface area (Å²) in [5.41, 5.74) is 1.58. The first-order valence-electron chi connectivity index (χ1n) is 7.25. The van der Waals surface area contributed by atoms with Crippen molar-refractivity contribution in [2.24, 2.45) is 0 Å². The van der Waals surface area contributed by atoms with E-state index in [-0.39, 0.29) is 25.2 Å². The summed E-state index contributed by atoms with van der Waals surface area (Å²) in [6, 6.07) is 10.5. The lowest BCUT2D eigenvalue weighted by Crippen LogP contribution is -2.21. The highest BCUT2D eigenvalue weighted by molar-refractivity contribution is 7.18. The number of hydrogen-bond donors (Lipinski definition) is 1.